The molecule has 2 aromatic rings. The summed E-state index contributed by atoms with van der Waals surface area (Å²) in [6.07, 6.45) is 6.62. The fourth-order valence-corrected chi connectivity index (χ4v) is 9.22. The molecule has 0 fully saturated rings. The molecule has 0 spiro atoms. The number of hydrogen-bond acceptors (Lipinski definition) is 4. The van der Waals surface area contributed by atoms with Crippen LogP contribution in [0.15, 0.2) is 94.3 Å². The van der Waals surface area contributed by atoms with Gasteiger partial charge in [-0.25, -0.2) is 3.63 Å². The van der Waals surface area contributed by atoms with Crippen molar-refractivity contribution in [3.05, 3.63) is 84.5 Å². The van der Waals surface area contributed by atoms with Gasteiger partial charge in [-0.3, -0.25) is 0 Å². The van der Waals surface area contributed by atoms with Gasteiger partial charge in [0.25, 0.3) is 10.1 Å². The highest BCUT2D eigenvalue weighted by atomic mass is 32.3. The molecule has 1 aliphatic rings. The topological polar surface area (TPSA) is 63.6 Å². The maximum absolute atomic E-state index is 12.4. The van der Waals surface area contributed by atoms with Gasteiger partial charge in [-0.15, -0.1) is 0 Å². The Hall–Kier alpha value is -1.86. The fraction of sp³-hybridized carbons (Fsp3) is 0.238. The van der Waals surface area contributed by atoms with E-state index < -0.39 is 25.4 Å². The summed E-state index contributed by atoms with van der Waals surface area (Å²) in [6.45, 7) is 3.70. The second-order valence-corrected chi connectivity index (χ2v) is 11.3. The smallest absolute Gasteiger partial charge is 0.274 e. The van der Waals surface area contributed by atoms with Gasteiger partial charge in [0.15, 0.2) is 4.93 Å². The van der Waals surface area contributed by atoms with Gasteiger partial charge in [-0.2, -0.15) is 8.42 Å². The Bertz CT molecular complexity index is 926. The highest BCUT2D eigenvalue weighted by Gasteiger charge is 2.56. The van der Waals surface area contributed by atoms with Gasteiger partial charge in [0, 0.05) is 15.7 Å². The van der Waals surface area contributed by atoms with E-state index in [1.54, 1.807) is 0 Å². The normalized spacial score (nSPS) is 23.7. The summed E-state index contributed by atoms with van der Waals surface area (Å²) in [5.74, 6) is -0.348. The van der Waals surface area contributed by atoms with Crippen molar-refractivity contribution < 1.29 is 17.2 Å². The van der Waals surface area contributed by atoms with E-state index in [-0.39, 0.29) is 5.92 Å². The van der Waals surface area contributed by atoms with Gasteiger partial charge >= 0.3 is 0 Å². The van der Waals surface area contributed by atoms with Crippen LogP contribution in [0.4, 0.5) is 0 Å². The minimum Gasteiger partial charge on any atom is -0.374 e. The van der Waals surface area contributed by atoms with Crippen LogP contribution in [-0.4, -0.2) is 24.7 Å². The first-order chi connectivity index (χ1) is 12.7. The Labute approximate surface area is 162 Å². The van der Waals surface area contributed by atoms with E-state index in [9.17, 15) is 13.5 Å². The van der Waals surface area contributed by atoms with Gasteiger partial charge < -0.3 is 5.11 Å². The summed E-state index contributed by atoms with van der Waals surface area (Å²) in [4.78, 5) is -0.217. The van der Waals surface area contributed by atoms with Crippen LogP contribution < -0.4 is 0 Å². The Morgan fingerprint density at radius 1 is 0.963 bits per heavy atom. The summed E-state index contributed by atoms with van der Waals surface area (Å²) in [6, 6.07) is 18.3. The van der Waals surface area contributed by atoms with Crippen molar-refractivity contribution in [3.63, 3.8) is 0 Å². The van der Waals surface area contributed by atoms with Gasteiger partial charge in [0.1, 0.15) is 0 Å². The van der Waals surface area contributed by atoms with Crippen LogP contribution in [0, 0.1) is 5.92 Å². The standard InChI is InChI=1S/C21H24O4S2/c1-17-11-10-12-18(2)21(17,22)27(25-26(3,23)24,19-13-6-4-7-14-19)20-15-8-5-9-16-20/h4-17,22H,1-3H3. The lowest BCUT2D eigenvalue weighted by Crippen LogP contribution is -2.45. The Morgan fingerprint density at radius 3 is 1.85 bits per heavy atom. The third-order valence-corrected chi connectivity index (χ3v) is 9.99. The number of hydrogen-bond donors (Lipinski definition) is 1. The lowest BCUT2D eigenvalue weighted by molar-refractivity contribution is 0.122. The maximum atomic E-state index is 12.4. The van der Waals surface area contributed by atoms with Gasteiger partial charge in [0.2, 0.25) is 0 Å². The summed E-state index contributed by atoms with van der Waals surface area (Å²) in [7, 11) is -6.75. The fourth-order valence-electron chi connectivity index (χ4n) is 3.50. The maximum Gasteiger partial charge on any atom is 0.274 e. The average molecular weight is 405 g/mol. The third-order valence-electron chi connectivity index (χ3n) is 4.74. The lowest BCUT2D eigenvalue weighted by atomic mass is 9.93. The SMILES string of the molecule is CC1=CC=CC(C)C1(O)S(OS(C)(=O)=O)(c1ccccc1)c1ccccc1. The first-order valence-electron chi connectivity index (χ1n) is 8.64. The van der Waals surface area contributed by atoms with Gasteiger partial charge in [-0.05, 0) is 47.1 Å². The zero-order chi connectivity index (χ0) is 19.7. The molecule has 2 aromatic carbocycles. The van der Waals surface area contributed by atoms with Crippen molar-refractivity contribution in [2.75, 3.05) is 6.26 Å². The van der Waals surface area contributed by atoms with Crippen molar-refractivity contribution in [2.24, 2.45) is 5.92 Å². The molecule has 144 valence electrons. The van der Waals surface area contributed by atoms with Gasteiger partial charge in [0.05, 0.1) is 6.26 Å². The van der Waals surface area contributed by atoms with Crippen molar-refractivity contribution in [3.8, 4) is 0 Å². The molecular formula is C21H24O4S2. The molecule has 3 rings (SSSR count). The molecule has 0 radical (unpaired) electrons. The molecular weight excluding hydrogens is 380 g/mol. The number of rotatable bonds is 5. The van der Waals surface area contributed by atoms with E-state index in [1.807, 2.05) is 92.7 Å². The van der Waals surface area contributed by atoms with E-state index in [0.717, 1.165) is 6.26 Å². The number of aliphatic hydroxyl groups is 1. The molecule has 27 heavy (non-hydrogen) atoms. The van der Waals surface area contributed by atoms with Gasteiger partial charge in [-0.1, -0.05) is 61.5 Å². The number of benzene rings is 2. The molecule has 0 aromatic heterocycles. The third kappa shape index (κ3) is 3.38. The average Bonchev–Trinajstić information content (AvgIpc) is 2.65. The Morgan fingerprint density at radius 2 is 1.44 bits per heavy atom. The monoisotopic (exact) mass is 404 g/mol. The molecule has 2 atom stereocenters. The summed E-state index contributed by atoms with van der Waals surface area (Å²) in [5.41, 5.74) is 0.670. The van der Waals surface area contributed by atoms with Crippen LogP contribution >= 0.6 is 10.3 Å². The number of allylic oxidation sites excluding steroid dienone is 2. The Balaban J connectivity index is 2.45. The molecule has 1 N–H and O–H groups in total. The molecule has 2 unspecified atom stereocenters. The van der Waals surface area contributed by atoms with E-state index in [4.69, 9.17) is 3.63 Å². The first-order valence-corrected chi connectivity index (χ1v) is 12.0. The van der Waals surface area contributed by atoms with E-state index in [2.05, 4.69) is 0 Å². The quantitative estimate of drug-likeness (QED) is 0.788. The predicted molar refractivity (Wildman–Crippen MR) is 110 cm³/mol. The highest BCUT2D eigenvalue weighted by Crippen LogP contribution is 2.75. The van der Waals surface area contributed by atoms with Crippen molar-refractivity contribution >= 4 is 20.4 Å². The summed E-state index contributed by atoms with van der Waals surface area (Å²) in [5, 5.41) is 12.1. The van der Waals surface area contributed by atoms with Crippen LogP contribution in [0.3, 0.4) is 0 Å². The second kappa shape index (κ2) is 7.28. The minimum atomic E-state index is -3.89. The van der Waals surface area contributed by atoms with Crippen LogP contribution in [0.1, 0.15) is 13.8 Å². The molecule has 6 heteroatoms. The first kappa shape index (κ1) is 19.9. The van der Waals surface area contributed by atoms with Crippen LogP contribution in [0.5, 0.6) is 0 Å². The highest BCUT2D eigenvalue weighted by molar-refractivity contribution is 8.34. The molecule has 0 saturated carbocycles. The second-order valence-electron chi connectivity index (χ2n) is 6.67. The van der Waals surface area contributed by atoms with E-state index in [0.29, 0.717) is 15.4 Å². The zero-order valence-corrected chi connectivity index (χ0v) is 17.2. The minimum absolute atomic E-state index is 0.348. The van der Waals surface area contributed by atoms with E-state index >= 15 is 0 Å². The Kier molecular flexibility index (Phi) is 5.36. The van der Waals surface area contributed by atoms with E-state index in [1.165, 1.54) is 0 Å². The zero-order valence-electron chi connectivity index (χ0n) is 15.6. The lowest BCUT2D eigenvalue weighted by Gasteiger charge is -2.54. The summed E-state index contributed by atoms with van der Waals surface area (Å²) < 4.78 is 30.8. The molecule has 0 heterocycles. The largest absolute Gasteiger partial charge is 0.374 e. The summed E-state index contributed by atoms with van der Waals surface area (Å²) >= 11 is 0. The molecule has 0 amide bonds. The molecule has 4 nitrogen and oxygen atoms in total. The van der Waals surface area contributed by atoms with Crippen molar-refractivity contribution in [1.29, 1.82) is 0 Å². The molecule has 0 aliphatic heterocycles. The molecule has 1 aliphatic carbocycles. The van der Waals surface area contributed by atoms with Crippen LogP contribution in [0.2, 0.25) is 0 Å². The van der Waals surface area contributed by atoms with Crippen molar-refractivity contribution in [2.45, 2.75) is 28.6 Å². The molecule has 0 saturated heterocycles. The van der Waals surface area contributed by atoms with Crippen molar-refractivity contribution in [1.82, 2.24) is 0 Å². The predicted octanol–water partition coefficient (Wildman–Crippen LogP) is 4.64. The van der Waals surface area contributed by atoms with Crippen LogP contribution in [-0.2, 0) is 13.7 Å². The molecule has 0 bridgehead atoms. The van der Waals surface area contributed by atoms with Crippen LogP contribution in [0.25, 0.3) is 0 Å².